The van der Waals surface area contributed by atoms with Crippen molar-refractivity contribution < 1.29 is 4.79 Å². The number of aryl methyl sites for hydroxylation is 1. The minimum absolute atomic E-state index is 0.0829. The van der Waals surface area contributed by atoms with E-state index in [1.165, 1.54) is 12.0 Å². The molecule has 0 N–H and O–H groups in total. The molecule has 0 aromatic heterocycles. The number of hydrogen-bond acceptors (Lipinski definition) is 1. The molecule has 2 rings (SSSR count). The smallest absolute Gasteiger partial charge is 0.193 e. The molecule has 0 saturated carbocycles. The highest BCUT2D eigenvalue weighted by Gasteiger charge is 2.29. The molecular weight excluding hydrogens is 388 g/mol. The zero-order chi connectivity index (χ0) is 24.3. The third kappa shape index (κ3) is 6.33. The predicted octanol–water partition coefficient (Wildman–Crippen LogP) is 8.98. The van der Waals surface area contributed by atoms with Crippen LogP contribution in [0.25, 0.3) is 0 Å². The van der Waals surface area contributed by atoms with Gasteiger partial charge in [-0.1, -0.05) is 106 Å². The Balaban J connectivity index is 2.47. The van der Waals surface area contributed by atoms with Crippen LogP contribution in [0.3, 0.4) is 0 Å². The molecule has 2 aromatic carbocycles. The molecule has 1 unspecified atom stereocenters. The Morgan fingerprint density at radius 3 is 2.00 bits per heavy atom. The standard InChI is InChI=1S/C31H46O/c1-21(2)20-31(10,23(5)6)18-17-24-15-16-28(30(7,8)9)27(19-24)29(32)26-14-12-11-13-25(26)22(3)4/h11-16,19,21-23H,17-18,20H2,1-10H3. The molecule has 1 atom stereocenters. The van der Waals surface area contributed by atoms with E-state index in [0.717, 1.165) is 35.1 Å². The molecule has 0 radical (unpaired) electrons. The number of benzene rings is 2. The van der Waals surface area contributed by atoms with Crippen molar-refractivity contribution in [2.75, 3.05) is 0 Å². The fourth-order valence-corrected chi connectivity index (χ4v) is 4.93. The van der Waals surface area contributed by atoms with Gasteiger partial charge in [-0.05, 0) is 70.6 Å². The Bertz CT molecular complexity index is 910. The van der Waals surface area contributed by atoms with E-state index >= 15 is 0 Å². The van der Waals surface area contributed by atoms with Crippen LogP contribution < -0.4 is 0 Å². The topological polar surface area (TPSA) is 17.1 Å². The van der Waals surface area contributed by atoms with Crippen LogP contribution in [-0.2, 0) is 11.8 Å². The summed E-state index contributed by atoms with van der Waals surface area (Å²) in [6, 6.07) is 14.8. The van der Waals surface area contributed by atoms with Gasteiger partial charge in [-0.15, -0.1) is 0 Å². The Morgan fingerprint density at radius 1 is 0.844 bits per heavy atom. The van der Waals surface area contributed by atoms with Crippen molar-refractivity contribution in [3.8, 4) is 0 Å². The Morgan fingerprint density at radius 2 is 1.47 bits per heavy atom. The number of hydrogen-bond donors (Lipinski definition) is 0. The molecule has 0 spiro atoms. The average molecular weight is 435 g/mol. The summed E-state index contributed by atoms with van der Waals surface area (Å²) in [5, 5.41) is 0. The second-order valence-corrected chi connectivity index (χ2v) is 12.1. The van der Waals surface area contributed by atoms with Gasteiger partial charge >= 0.3 is 0 Å². The maximum atomic E-state index is 13.8. The van der Waals surface area contributed by atoms with E-state index in [2.05, 4.69) is 93.5 Å². The van der Waals surface area contributed by atoms with Gasteiger partial charge in [0.05, 0.1) is 0 Å². The summed E-state index contributed by atoms with van der Waals surface area (Å²) < 4.78 is 0. The van der Waals surface area contributed by atoms with Crippen LogP contribution in [0, 0.1) is 17.3 Å². The SMILES string of the molecule is CC(C)CC(C)(CCc1ccc(C(C)(C)C)c(C(=O)c2ccccc2C(C)C)c1)C(C)C. The summed E-state index contributed by atoms with van der Waals surface area (Å²) in [6.45, 7) is 22.7. The van der Waals surface area contributed by atoms with E-state index in [1.807, 2.05) is 18.2 Å². The van der Waals surface area contributed by atoms with E-state index < -0.39 is 0 Å². The third-order valence-electron chi connectivity index (χ3n) is 7.22. The van der Waals surface area contributed by atoms with E-state index in [9.17, 15) is 4.79 Å². The first-order chi connectivity index (χ1) is 14.8. The molecule has 0 aliphatic rings. The second-order valence-electron chi connectivity index (χ2n) is 12.1. The molecule has 0 aliphatic carbocycles. The Hall–Kier alpha value is -1.89. The highest BCUT2D eigenvalue weighted by atomic mass is 16.1. The molecule has 0 bridgehead atoms. The first-order valence-corrected chi connectivity index (χ1v) is 12.5. The molecule has 0 heterocycles. The van der Waals surface area contributed by atoms with Crippen LogP contribution in [0.4, 0.5) is 0 Å². The van der Waals surface area contributed by atoms with Gasteiger partial charge in [-0.3, -0.25) is 4.79 Å². The van der Waals surface area contributed by atoms with Crippen LogP contribution in [0.2, 0.25) is 0 Å². The lowest BCUT2D eigenvalue weighted by atomic mass is 9.69. The van der Waals surface area contributed by atoms with Gasteiger partial charge in [0.25, 0.3) is 0 Å². The normalized spacial score (nSPS) is 14.3. The molecule has 2 aromatic rings. The molecule has 1 nitrogen and oxygen atoms in total. The van der Waals surface area contributed by atoms with Crippen molar-refractivity contribution >= 4 is 5.78 Å². The first kappa shape index (κ1) is 26.4. The molecular formula is C31H46O. The summed E-state index contributed by atoms with van der Waals surface area (Å²) in [6.07, 6.45) is 3.39. The van der Waals surface area contributed by atoms with E-state index in [1.54, 1.807) is 0 Å². The average Bonchev–Trinajstić information content (AvgIpc) is 2.70. The van der Waals surface area contributed by atoms with Gasteiger partial charge < -0.3 is 0 Å². The molecule has 176 valence electrons. The Kier molecular flexibility index (Phi) is 8.54. The highest BCUT2D eigenvalue weighted by molar-refractivity contribution is 6.11. The van der Waals surface area contributed by atoms with Crippen molar-refractivity contribution in [2.24, 2.45) is 17.3 Å². The van der Waals surface area contributed by atoms with Crippen molar-refractivity contribution in [1.29, 1.82) is 0 Å². The summed E-state index contributed by atoms with van der Waals surface area (Å²) in [5.41, 5.74) is 5.49. The van der Waals surface area contributed by atoms with E-state index in [4.69, 9.17) is 0 Å². The number of carbonyl (C=O) groups is 1. The van der Waals surface area contributed by atoms with Crippen molar-refractivity contribution in [2.45, 2.75) is 99.8 Å². The zero-order valence-electron chi connectivity index (χ0n) is 22.3. The number of rotatable bonds is 9. The lowest BCUT2D eigenvalue weighted by molar-refractivity contribution is 0.103. The Labute approximate surface area is 198 Å². The quantitative estimate of drug-likeness (QED) is 0.360. The lowest BCUT2D eigenvalue weighted by Crippen LogP contribution is -2.26. The first-order valence-electron chi connectivity index (χ1n) is 12.5. The van der Waals surface area contributed by atoms with Crippen LogP contribution in [-0.4, -0.2) is 5.78 Å². The lowest BCUT2D eigenvalue weighted by Gasteiger charge is -2.36. The van der Waals surface area contributed by atoms with Crippen molar-refractivity contribution in [3.05, 3.63) is 70.3 Å². The summed E-state index contributed by atoms with van der Waals surface area (Å²) in [4.78, 5) is 13.8. The van der Waals surface area contributed by atoms with Gasteiger partial charge in [-0.25, -0.2) is 0 Å². The highest BCUT2D eigenvalue weighted by Crippen LogP contribution is 2.39. The minimum atomic E-state index is -0.0829. The molecule has 0 saturated heterocycles. The van der Waals surface area contributed by atoms with Gasteiger partial charge in [0.15, 0.2) is 5.78 Å². The summed E-state index contributed by atoms with van der Waals surface area (Å²) in [5.74, 6) is 1.81. The largest absolute Gasteiger partial charge is 0.289 e. The third-order valence-corrected chi connectivity index (χ3v) is 7.22. The summed E-state index contributed by atoms with van der Waals surface area (Å²) in [7, 11) is 0. The molecule has 0 amide bonds. The van der Waals surface area contributed by atoms with Crippen LogP contribution in [0.1, 0.15) is 121 Å². The van der Waals surface area contributed by atoms with Crippen LogP contribution in [0.15, 0.2) is 42.5 Å². The number of ketones is 1. The van der Waals surface area contributed by atoms with E-state index in [-0.39, 0.29) is 11.2 Å². The van der Waals surface area contributed by atoms with Crippen LogP contribution in [0.5, 0.6) is 0 Å². The number of carbonyl (C=O) groups excluding carboxylic acids is 1. The molecule has 0 aliphatic heterocycles. The molecule has 32 heavy (non-hydrogen) atoms. The van der Waals surface area contributed by atoms with Gasteiger partial charge in [-0.2, -0.15) is 0 Å². The van der Waals surface area contributed by atoms with Crippen molar-refractivity contribution in [3.63, 3.8) is 0 Å². The van der Waals surface area contributed by atoms with Crippen molar-refractivity contribution in [1.82, 2.24) is 0 Å². The van der Waals surface area contributed by atoms with Gasteiger partial charge in [0, 0.05) is 11.1 Å². The second kappa shape index (κ2) is 10.4. The minimum Gasteiger partial charge on any atom is -0.289 e. The maximum absolute atomic E-state index is 13.8. The maximum Gasteiger partial charge on any atom is 0.193 e. The predicted molar refractivity (Wildman–Crippen MR) is 140 cm³/mol. The van der Waals surface area contributed by atoms with Gasteiger partial charge in [0.1, 0.15) is 0 Å². The molecule has 0 fully saturated rings. The fourth-order valence-electron chi connectivity index (χ4n) is 4.93. The van der Waals surface area contributed by atoms with Gasteiger partial charge in [0.2, 0.25) is 0 Å². The monoisotopic (exact) mass is 434 g/mol. The fraction of sp³-hybridized carbons (Fsp3) is 0.581. The summed E-state index contributed by atoms with van der Waals surface area (Å²) >= 11 is 0. The zero-order valence-corrected chi connectivity index (χ0v) is 22.3. The van der Waals surface area contributed by atoms with E-state index in [0.29, 0.717) is 23.2 Å². The molecule has 1 heteroatoms. The van der Waals surface area contributed by atoms with Crippen LogP contribution >= 0.6 is 0 Å².